The summed E-state index contributed by atoms with van der Waals surface area (Å²) in [5, 5.41) is 3.08. The average molecular weight is 269 g/mol. The van der Waals surface area contributed by atoms with Gasteiger partial charge in [0.2, 0.25) is 0 Å². The minimum atomic E-state index is -4.21. The van der Waals surface area contributed by atoms with E-state index < -0.39 is 12.8 Å². The van der Waals surface area contributed by atoms with Crippen molar-refractivity contribution in [3.8, 4) is 0 Å². The molecule has 0 heterocycles. The number of halogens is 3. The molecule has 1 N–H and O–H groups in total. The van der Waals surface area contributed by atoms with Crippen LogP contribution in [0.4, 0.5) is 13.2 Å². The molecule has 0 bridgehead atoms. The van der Waals surface area contributed by atoms with Crippen molar-refractivity contribution in [3.05, 3.63) is 0 Å². The Hall–Kier alpha value is -0.290. The molecule has 0 atom stereocenters. The molecule has 0 aromatic heterocycles. The predicted octanol–water partition coefficient (Wildman–Crippen LogP) is 3.91. The van der Waals surface area contributed by atoms with Crippen LogP contribution in [0.15, 0.2) is 0 Å². The smallest absolute Gasteiger partial charge is 0.371 e. The van der Waals surface area contributed by atoms with Crippen molar-refractivity contribution in [3.63, 3.8) is 0 Å². The van der Waals surface area contributed by atoms with Gasteiger partial charge in [0, 0.05) is 6.54 Å². The van der Waals surface area contributed by atoms with Crippen molar-refractivity contribution in [2.45, 2.75) is 58.0 Å². The second-order valence-corrected chi connectivity index (χ2v) is 4.54. The Morgan fingerprint density at radius 1 is 0.889 bits per heavy atom. The fraction of sp³-hybridized carbons (Fsp3) is 1.00. The summed E-state index contributed by atoms with van der Waals surface area (Å²) in [5.74, 6) is 0. The van der Waals surface area contributed by atoms with Crippen LogP contribution in [-0.2, 0) is 4.74 Å². The molecule has 0 rings (SSSR count). The summed E-state index contributed by atoms with van der Waals surface area (Å²) in [5.41, 5.74) is 0. The van der Waals surface area contributed by atoms with Crippen LogP contribution >= 0.6 is 0 Å². The lowest BCUT2D eigenvalue weighted by molar-refractivity contribution is -0.173. The normalized spacial score (nSPS) is 12.0. The summed E-state index contributed by atoms with van der Waals surface area (Å²) in [6, 6.07) is 0. The third kappa shape index (κ3) is 15.7. The SMILES string of the molecule is CCCCCCCCCNCCOCC(F)(F)F. The third-order valence-corrected chi connectivity index (χ3v) is 2.65. The highest BCUT2D eigenvalue weighted by molar-refractivity contribution is 4.51. The number of rotatable bonds is 12. The van der Waals surface area contributed by atoms with Crippen molar-refractivity contribution in [1.82, 2.24) is 5.32 Å². The summed E-state index contributed by atoms with van der Waals surface area (Å²) < 4.78 is 39.6. The number of hydrogen-bond acceptors (Lipinski definition) is 2. The van der Waals surface area contributed by atoms with E-state index in [1.807, 2.05) is 0 Å². The number of ether oxygens (including phenoxy) is 1. The Bertz CT molecular complexity index is 174. The third-order valence-electron chi connectivity index (χ3n) is 2.65. The van der Waals surface area contributed by atoms with Gasteiger partial charge in [0.25, 0.3) is 0 Å². The highest BCUT2D eigenvalue weighted by atomic mass is 19.4. The number of hydrogen-bond donors (Lipinski definition) is 1. The van der Waals surface area contributed by atoms with Crippen LogP contribution in [0.25, 0.3) is 0 Å². The molecule has 18 heavy (non-hydrogen) atoms. The van der Waals surface area contributed by atoms with E-state index in [1.165, 1.54) is 38.5 Å². The standard InChI is InChI=1S/C13H26F3NO/c1-2-3-4-5-6-7-8-9-17-10-11-18-12-13(14,15)16/h17H,2-12H2,1H3. The minimum Gasteiger partial charge on any atom is -0.371 e. The lowest BCUT2D eigenvalue weighted by Crippen LogP contribution is -2.24. The lowest BCUT2D eigenvalue weighted by Gasteiger charge is -2.08. The Balaban J connectivity index is 2.99. The van der Waals surface area contributed by atoms with Crippen molar-refractivity contribution in [2.24, 2.45) is 0 Å². The van der Waals surface area contributed by atoms with E-state index in [0.717, 1.165) is 13.0 Å². The first-order chi connectivity index (χ1) is 8.56. The first-order valence-corrected chi connectivity index (χ1v) is 6.91. The first kappa shape index (κ1) is 17.7. The van der Waals surface area contributed by atoms with Crippen molar-refractivity contribution >= 4 is 0 Å². The van der Waals surface area contributed by atoms with Gasteiger partial charge in [-0.1, -0.05) is 45.4 Å². The van der Waals surface area contributed by atoms with Gasteiger partial charge in [0.15, 0.2) is 0 Å². The van der Waals surface area contributed by atoms with Crippen LogP contribution in [0.2, 0.25) is 0 Å². The molecular weight excluding hydrogens is 243 g/mol. The van der Waals surface area contributed by atoms with E-state index in [9.17, 15) is 13.2 Å². The summed E-state index contributed by atoms with van der Waals surface area (Å²) in [6.07, 6.45) is 4.52. The van der Waals surface area contributed by atoms with Crippen LogP contribution in [0.3, 0.4) is 0 Å². The molecule has 0 aromatic carbocycles. The Morgan fingerprint density at radius 3 is 2.11 bits per heavy atom. The zero-order valence-corrected chi connectivity index (χ0v) is 11.3. The van der Waals surface area contributed by atoms with Gasteiger partial charge in [0.1, 0.15) is 6.61 Å². The van der Waals surface area contributed by atoms with Crippen LogP contribution in [-0.4, -0.2) is 32.5 Å². The molecule has 2 nitrogen and oxygen atoms in total. The topological polar surface area (TPSA) is 21.3 Å². The molecule has 0 saturated heterocycles. The summed E-state index contributed by atoms with van der Waals surface area (Å²) in [6.45, 7) is 2.53. The van der Waals surface area contributed by atoms with Crippen LogP contribution in [0.5, 0.6) is 0 Å². The number of unbranched alkanes of at least 4 members (excludes halogenated alkanes) is 6. The zero-order valence-electron chi connectivity index (χ0n) is 11.3. The highest BCUT2D eigenvalue weighted by Gasteiger charge is 2.27. The van der Waals surface area contributed by atoms with Crippen molar-refractivity contribution in [2.75, 3.05) is 26.3 Å². The fourth-order valence-corrected chi connectivity index (χ4v) is 1.66. The Labute approximate surface area is 108 Å². The molecule has 0 unspecified atom stereocenters. The highest BCUT2D eigenvalue weighted by Crippen LogP contribution is 2.13. The van der Waals surface area contributed by atoms with Crippen molar-refractivity contribution in [1.29, 1.82) is 0 Å². The van der Waals surface area contributed by atoms with Gasteiger partial charge in [0.05, 0.1) is 6.61 Å². The molecular formula is C13H26F3NO. The summed E-state index contributed by atoms with van der Waals surface area (Å²) in [7, 11) is 0. The number of nitrogens with one attached hydrogen (secondary N) is 1. The van der Waals surface area contributed by atoms with Gasteiger partial charge in [-0.05, 0) is 13.0 Å². The maximum Gasteiger partial charge on any atom is 0.411 e. The molecule has 5 heteroatoms. The lowest BCUT2D eigenvalue weighted by atomic mass is 10.1. The molecule has 0 aromatic rings. The quantitative estimate of drug-likeness (QED) is 0.542. The monoisotopic (exact) mass is 269 g/mol. The minimum absolute atomic E-state index is 0.121. The van der Waals surface area contributed by atoms with E-state index in [2.05, 4.69) is 17.0 Å². The largest absolute Gasteiger partial charge is 0.411 e. The van der Waals surface area contributed by atoms with Gasteiger partial charge in [-0.2, -0.15) is 13.2 Å². The van der Waals surface area contributed by atoms with Gasteiger partial charge in [-0.15, -0.1) is 0 Å². The maximum absolute atomic E-state index is 11.7. The fourth-order valence-electron chi connectivity index (χ4n) is 1.66. The van der Waals surface area contributed by atoms with Gasteiger partial charge in [-0.3, -0.25) is 0 Å². The zero-order chi connectivity index (χ0) is 13.7. The molecule has 0 aliphatic carbocycles. The van der Waals surface area contributed by atoms with E-state index >= 15 is 0 Å². The van der Waals surface area contributed by atoms with E-state index in [-0.39, 0.29) is 6.61 Å². The Morgan fingerprint density at radius 2 is 1.50 bits per heavy atom. The Kier molecular flexibility index (Phi) is 11.6. The molecule has 110 valence electrons. The van der Waals surface area contributed by atoms with Crippen molar-refractivity contribution < 1.29 is 17.9 Å². The summed E-state index contributed by atoms with van der Waals surface area (Å²) >= 11 is 0. The van der Waals surface area contributed by atoms with Crippen LogP contribution < -0.4 is 5.32 Å². The molecule has 0 fully saturated rings. The predicted molar refractivity (Wildman–Crippen MR) is 67.7 cm³/mol. The molecule has 0 spiro atoms. The van der Waals surface area contributed by atoms with Gasteiger partial charge in [-0.25, -0.2) is 0 Å². The van der Waals surface area contributed by atoms with Gasteiger partial charge < -0.3 is 10.1 Å². The molecule has 0 aliphatic heterocycles. The summed E-state index contributed by atoms with van der Waals surface area (Å²) in [4.78, 5) is 0. The van der Waals surface area contributed by atoms with Gasteiger partial charge >= 0.3 is 6.18 Å². The first-order valence-electron chi connectivity index (χ1n) is 6.91. The maximum atomic E-state index is 11.7. The molecule has 0 saturated carbocycles. The second-order valence-electron chi connectivity index (χ2n) is 4.54. The van der Waals surface area contributed by atoms with E-state index in [4.69, 9.17) is 0 Å². The molecule has 0 amide bonds. The van der Waals surface area contributed by atoms with Crippen LogP contribution in [0, 0.1) is 0 Å². The van der Waals surface area contributed by atoms with Crippen LogP contribution in [0.1, 0.15) is 51.9 Å². The average Bonchev–Trinajstić information content (AvgIpc) is 2.29. The second kappa shape index (κ2) is 11.8. The molecule has 0 aliphatic rings. The van der Waals surface area contributed by atoms with E-state index in [0.29, 0.717) is 6.54 Å². The molecule has 0 radical (unpaired) electrons. The van der Waals surface area contributed by atoms with E-state index in [1.54, 1.807) is 0 Å². The number of alkyl halides is 3.